The summed E-state index contributed by atoms with van der Waals surface area (Å²) in [5.74, 6) is 0.719. The van der Waals surface area contributed by atoms with E-state index < -0.39 is 0 Å². The largest absolute Gasteiger partial charge is 0.481 e. The Hall–Kier alpha value is -1.83. The van der Waals surface area contributed by atoms with Gasteiger partial charge in [-0.25, -0.2) is 4.99 Å². The first kappa shape index (κ1) is 7.56. The fourth-order valence-corrected chi connectivity index (χ4v) is 1.92. The van der Waals surface area contributed by atoms with Crippen LogP contribution in [-0.2, 0) is 4.74 Å². The number of methoxy groups -OCH3 is 1. The number of hydrogen-bond acceptors (Lipinski definition) is 2. The van der Waals surface area contributed by atoms with Gasteiger partial charge in [-0.2, -0.15) is 0 Å². The van der Waals surface area contributed by atoms with Gasteiger partial charge in [0.25, 0.3) is 0 Å². The molecular formula is C12H9NO. The van der Waals surface area contributed by atoms with E-state index in [0.717, 1.165) is 17.1 Å². The van der Waals surface area contributed by atoms with E-state index in [9.17, 15) is 0 Å². The molecule has 0 bridgehead atoms. The predicted molar refractivity (Wildman–Crippen MR) is 57.2 cm³/mol. The van der Waals surface area contributed by atoms with Crippen molar-refractivity contribution in [1.82, 2.24) is 0 Å². The molecule has 1 aliphatic heterocycles. The second-order valence-corrected chi connectivity index (χ2v) is 3.30. The monoisotopic (exact) mass is 183 g/mol. The van der Waals surface area contributed by atoms with Crippen molar-refractivity contribution in [3.8, 4) is 0 Å². The molecule has 0 fully saturated rings. The minimum atomic E-state index is 0.719. The molecule has 0 unspecified atom stereocenters. The van der Waals surface area contributed by atoms with Gasteiger partial charge >= 0.3 is 0 Å². The second kappa shape index (κ2) is 2.58. The summed E-state index contributed by atoms with van der Waals surface area (Å²) in [5, 5.41) is 2.42. The highest BCUT2D eigenvalue weighted by Gasteiger charge is 2.17. The van der Waals surface area contributed by atoms with Crippen LogP contribution in [0.1, 0.15) is 5.56 Å². The Morgan fingerprint density at radius 2 is 1.86 bits per heavy atom. The maximum atomic E-state index is 5.23. The third-order valence-corrected chi connectivity index (χ3v) is 2.53. The molecule has 2 aromatic rings. The first-order valence-corrected chi connectivity index (χ1v) is 4.55. The molecule has 14 heavy (non-hydrogen) atoms. The molecule has 0 saturated heterocycles. The summed E-state index contributed by atoms with van der Waals surface area (Å²) in [4.78, 5) is 4.41. The van der Waals surface area contributed by atoms with Gasteiger partial charge in [-0.1, -0.05) is 24.3 Å². The fraction of sp³-hybridized carbons (Fsp3) is 0.0833. The molecule has 0 spiro atoms. The number of benzene rings is 2. The first-order chi connectivity index (χ1) is 6.90. The van der Waals surface area contributed by atoms with E-state index in [1.807, 2.05) is 24.3 Å². The van der Waals surface area contributed by atoms with Crippen LogP contribution in [0.15, 0.2) is 41.4 Å². The van der Waals surface area contributed by atoms with Crippen LogP contribution < -0.4 is 0 Å². The Morgan fingerprint density at radius 1 is 1.07 bits per heavy atom. The lowest BCUT2D eigenvalue weighted by Gasteiger charge is -2.01. The van der Waals surface area contributed by atoms with Gasteiger partial charge in [-0.05, 0) is 17.5 Å². The molecule has 0 aliphatic carbocycles. The van der Waals surface area contributed by atoms with Crippen LogP contribution in [0.3, 0.4) is 0 Å². The van der Waals surface area contributed by atoms with E-state index in [1.54, 1.807) is 7.11 Å². The smallest absolute Gasteiger partial charge is 0.221 e. The fourth-order valence-electron chi connectivity index (χ4n) is 1.92. The van der Waals surface area contributed by atoms with Gasteiger partial charge in [0.1, 0.15) is 0 Å². The minimum absolute atomic E-state index is 0.719. The molecule has 2 heteroatoms. The average Bonchev–Trinajstić information content (AvgIpc) is 2.60. The molecule has 0 radical (unpaired) electrons. The summed E-state index contributed by atoms with van der Waals surface area (Å²) in [7, 11) is 1.66. The quantitative estimate of drug-likeness (QED) is 0.615. The van der Waals surface area contributed by atoms with Crippen LogP contribution in [-0.4, -0.2) is 13.0 Å². The summed E-state index contributed by atoms with van der Waals surface area (Å²) in [6.45, 7) is 0. The lowest BCUT2D eigenvalue weighted by molar-refractivity contribution is 0.406. The maximum Gasteiger partial charge on any atom is 0.221 e. The van der Waals surface area contributed by atoms with Crippen molar-refractivity contribution >= 4 is 22.4 Å². The van der Waals surface area contributed by atoms with E-state index in [0.29, 0.717) is 0 Å². The Bertz CT molecular complexity index is 538. The standard InChI is InChI=1S/C12H9NO/c1-14-12-9-6-2-4-8-5-3-7-10(13-12)11(8)9/h2-7H,1H3. The van der Waals surface area contributed by atoms with Crippen LogP contribution >= 0.6 is 0 Å². The van der Waals surface area contributed by atoms with Crippen molar-refractivity contribution in [3.05, 3.63) is 42.0 Å². The molecule has 1 heterocycles. The molecule has 0 N–H and O–H groups in total. The molecule has 2 aromatic carbocycles. The van der Waals surface area contributed by atoms with Crippen molar-refractivity contribution in [1.29, 1.82) is 0 Å². The van der Waals surface area contributed by atoms with Gasteiger partial charge in [0.2, 0.25) is 5.90 Å². The van der Waals surface area contributed by atoms with Crippen LogP contribution in [0.4, 0.5) is 5.69 Å². The Morgan fingerprint density at radius 3 is 2.64 bits per heavy atom. The highest BCUT2D eigenvalue weighted by molar-refractivity contribution is 6.16. The highest BCUT2D eigenvalue weighted by atomic mass is 16.5. The van der Waals surface area contributed by atoms with Crippen molar-refractivity contribution in [2.75, 3.05) is 7.11 Å². The molecule has 0 saturated carbocycles. The van der Waals surface area contributed by atoms with E-state index in [4.69, 9.17) is 4.74 Å². The van der Waals surface area contributed by atoms with E-state index in [-0.39, 0.29) is 0 Å². The van der Waals surface area contributed by atoms with Crippen molar-refractivity contribution in [2.24, 2.45) is 4.99 Å². The lowest BCUT2D eigenvalue weighted by atomic mass is 10.1. The number of nitrogens with zero attached hydrogens (tertiary/aromatic N) is 1. The molecule has 1 aliphatic rings. The zero-order valence-corrected chi connectivity index (χ0v) is 7.82. The summed E-state index contributed by atoms with van der Waals surface area (Å²) in [6, 6.07) is 12.3. The van der Waals surface area contributed by atoms with Gasteiger partial charge in [0, 0.05) is 10.9 Å². The third kappa shape index (κ3) is 0.826. The summed E-state index contributed by atoms with van der Waals surface area (Å²) < 4.78 is 5.23. The summed E-state index contributed by atoms with van der Waals surface area (Å²) >= 11 is 0. The highest BCUT2D eigenvalue weighted by Crippen LogP contribution is 2.35. The number of rotatable bonds is 0. The van der Waals surface area contributed by atoms with Gasteiger partial charge in [-0.15, -0.1) is 0 Å². The van der Waals surface area contributed by atoms with Crippen molar-refractivity contribution in [2.45, 2.75) is 0 Å². The maximum absolute atomic E-state index is 5.23. The van der Waals surface area contributed by atoms with Gasteiger partial charge in [-0.3, -0.25) is 0 Å². The van der Waals surface area contributed by atoms with Crippen LogP contribution in [0, 0.1) is 0 Å². The molecule has 0 atom stereocenters. The Labute approximate surface area is 81.8 Å². The number of aliphatic imine (C=N–C) groups is 1. The van der Waals surface area contributed by atoms with Gasteiger partial charge < -0.3 is 4.74 Å². The number of hydrogen-bond donors (Lipinski definition) is 0. The predicted octanol–water partition coefficient (Wildman–Crippen LogP) is 2.88. The van der Waals surface area contributed by atoms with E-state index >= 15 is 0 Å². The lowest BCUT2D eigenvalue weighted by Crippen LogP contribution is -1.98. The van der Waals surface area contributed by atoms with E-state index in [2.05, 4.69) is 17.1 Å². The van der Waals surface area contributed by atoms with Crippen LogP contribution in [0.5, 0.6) is 0 Å². The Balaban J connectivity index is 2.46. The summed E-state index contributed by atoms with van der Waals surface area (Å²) in [6.07, 6.45) is 0. The number of ether oxygens (including phenoxy) is 1. The van der Waals surface area contributed by atoms with Crippen LogP contribution in [0.2, 0.25) is 0 Å². The molecular weight excluding hydrogens is 174 g/mol. The molecule has 2 nitrogen and oxygen atoms in total. The summed E-state index contributed by atoms with van der Waals surface area (Å²) in [5.41, 5.74) is 2.11. The third-order valence-electron chi connectivity index (χ3n) is 2.53. The second-order valence-electron chi connectivity index (χ2n) is 3.30. The van der Waals surface area contributed by atoms with Crippen LogP contribution in [0.25, 0.3) is 10.8 Å². The SMILES string of the molecule is COC1=Nc2cccc3cccc1c23. The molecule has 0 amide bonds. The zero-order valence-electron chi connectivity index (χ0n) is 7.82. The normalized spacial score (nSPS) is 13.1. The first-order valence-electron chi connectivity index (χ1n) is 4.55. The zero-order chi connectivity index (χ0) is 9.54. The van der Waals surface area contributed by atoms with Gasteiger partial charge in [0.15, 0.2) is 0 Å². The Kier molecular flexibility index (Phi) is 1.39. The van der Waals surface area contributed by atoms with E-state index in [1.165, 1.54) is 10.8 Å². The topological polar surface area (TPSA) is 21.6 Å². The van der Waals surface area contributed by atoms with Gasteiger partial charge in [0.05, 0.1) is 12.8 Å². The minimum Gasteiger partial charge on any atom is -0.481 e. The van der Waals surface area contributed by atoms with Crippen molar-refractivity contribution in [3.63, 3.8) is 0 Å². The molecule has 3 rings (SSSR count). The average molecular weight is 183 g/mol. The molecule has 0 aromatic heterocycles. The van der Waals surface area contributed by atoms with Crippen molar-refractivity contribution < 1.29 is 4.74 Å². The molecule has 68 valence electrons.